The van der Waals surface area contributed by atoms with Gasteiger partial charge in [0.15, 0.2) is 0 Å². The standard InChI is InChI=1S/C17H25N3O2.C2H2Cl2O2/c18-9-14-2-1-3-20(14)15(21)10-19-16-5-12-4-13(6-16)8-17(22,7-12)11-16;3-1(4)2(5)6/h12-14,19,22H,1-8,10-11H2;1H,(H,5,6)/t12?,13?,14-,16?,17?;/m0./s1. The Labute approximate surface area is 175 Å². The van der Waals surface area contributed by atoms with E-state index in [1.165, 1.54) is 6.42 Å². The second-order valence-corrected chi connectivity index (χ2v) is 9.93. The molecule has 4 aliphatic carbocycles. The molecule has 4 saturated carbocycles. The third-order valence-corrected chi connectivity index (χ3v) is 6.93. The number of aliphatic hydroxyl groups is 1. The van der Waals surface area contributed by atoms with Crippen LogP contribution in [0.1, 0.15) is 51.4 Å². The summed E-state index contributed by atoms with van der Waals surface area (Å²) < 4.78 is 0. The molecule has 7 nitrogen and oxygen atoms in total. The van der Waals surface area contributed by atoms with Crippen LogP contribution < -0.4 is 5.32 Å². The monoisotopic (exact) mass is 431 g/mol. The fourth-order valence-electron chi connectivity index (χ4n) is 5.99. The van der Waals surface area contributed by atoms with Gasteiger partial charge in [-0.05, 0) is 63.2 Å². The third kappa shape index (κ3) is 4.73. The lowest BCUT2D eigenvalue weighted by atomic mass is 9.51. The van der Waals surface area contributed by atoms with Crippen molar-refractivity contribution in [1.29, 1.82) is 5.26 Å². The number of rotatable bonds is 4. The van der Waals surface area contributed by atoms with Crippen molar-refractivity contribution in [3.05, 3.63) is 0 Å². The zero-order chi connectivity index (χ0) is 20.5. The summed E-state index contributed by atoms with van der Waals surface area (Å²) in [5.74, 6) is 0.0742. The van der Waals surface area contributed by atoms with Gasteiger partial charge in [0, 0.05) is 12.1 Å². The number of hydrogen-bond donors (Lipinski definition) is 3. The van der Waals surface area contributed by atoms with Gasteiger partial charge in [0.25, 0.3) is 0 Å². The molecule has 156 valence electrons. The molecule has 5 aliphatic rings. The second-order valence-electron chi connectivity index (χ2n) is 8.83. The van der Waals surface area contributed by atoms with Crippen LogP contribution in [0.3, 0.4) is 0 Å². The van der Waals surface area contributed by atoms with Gasteiger partial charge in [-0.2, -0.15) is 5.26 Å². The normalized spacial score (nSPS) is 38.1. The molecular weight excluding hydrogens is 405 g/mol. The minimum absolute atomic E-state index is 0.0453. The molecule has 1 amide bonds. The van der Waals surface area contributed by atoms with Crippen molar-refractivity contribution in [2.75, 3.05) is 13.1 Å². The van der Waals surface area contributed by atoms with Crippen LogP contribution in [0.25, 0.3) is 0 Å². The summed E-state index contributed by atoms with van der Waals surface area (Å²) in [6.45, 7) is 1.02. The minimum Gasteiger partial charge on any atom is -0.479 e. The SMILES string of the molecule is N#C[C@@H]1CCCN1C(=O)CNC12CC3CC(CC(O)(C3)C1)C2.O=C(O)C(Cl)Cl. The number of carbonyl (C=O) groups is 2. The smallest absolute Gasteiger partial charge is 0.337 e. The van der Waals surface area contributed by atoms with Crippen LogP contribution in [0.2, 0.25) is 0 Å². The number of carboxylic acid groups (broad SMARTS) is 1. The number of alkyl halides is 2. The highest BCUT2D eigenvalue weighted by molar-refractivity contribution is 6.52. The Balaban J connectivity index is 0.000000330. The van der Waals surface area contributed by atoms with Crippen molar-refractivity contribution in [1.82, 2.24) is 10.2 Å². The van der Waals surface area contributed by atoms with Crippen LogP contribution >= 0.6 is 23.2 Å². The third-order valence-electron chi connectivity index (χ3n) is 6.55. The van der Waals surface area contributed by atoms with Gasteiger partial charge >= 0.3 is 5.97 Å². The lowest BCUT2D eigenvalue weighted by molar-refractivity contribution is -0.147. The van der Waals surface area contributed by atoms with Gasteiger partial charge in [-0.1, -0.05) is 23.2 Å². The molecule has 0 aromatic rings. The summed E-state index contributed by atoms with van der Waals surface area (Å²) in [5, 5.41) is 31.1. The Morgan fingerprint density at radius 1 is 1.25 bits per heavy atom. The Bertz CT molecular complexity index is 652. The number of aliphatic carboxylic acids is 1. The summed E-state index contributed by atoms with van der Waals surface area (Å²) in [6, 6.07) is 1.99. The summed E-state index contributed by atoms with van der Waals surface area (Å²) in [4.78, 5) is 22.3. The number of nitriles is 1. The quantitative estimate of drug-likeness (QED) is 0.586. The number of nitrogens with one attached hydrogen (secondary N) is 1. The maximum absolute atomic E-state index is 12.4. The van der Waals surface area contributed by atoms with E-state index in [-0.39, 0.29) is 17.5 Å². The van der Waals surface area contributed by atoms with E-state index in [9.17, 15) is 14.7 Å². The van der Waals surface area contributed by atoms with Crippen LogP contribution in [-0.2, 0) is 9.59 Å². The number of amides is 1. The maximum Gasteiger partial charge on any atom is 0.337 e. The van der Waals surface area contributed by atoms with Crippen LogP contribution in [0.4, 0.5) is 0 Å². The second kappa shape index (κ2) is 8.35. The van der Waals surface area contributed by atoms with Gasteiger partial charge in [-0.15, -0.1) is 0 Å². The highest BCUT2D eigenvalue weighted by atomic mass is 35.5. The molecule has 0 aromatic heterocycles. The largest absolute Gasteiger partial charge is 0.479 e. The van der Waals surface area contributed by atoms with E-state index in [2.05, 4.69) is 11.4 Å². The highest BCUT2D eigenvalue weighted by Crippen LogP contribution is 2.57. The van der Waals surface area contributed by atoms with Crippen molar-refractivity contribution < 1.29 is 19.8 Å². The number of nitrogens with zero attached hydrogens (tertiary/aromatic N) is 2. The molecule has 1 saturated heterocycles. The van der Waals surface area contributed by atoms with Crippen LogP contribution in [0.15, 0.2) is 0 Å². The van der Waals surface area contributed by atoms with Crippen molar-refractivity contribution >= 4 is 35.1 Å². The molecule has 9 heteroatoms. The van der Waals surface area contributed by atoms with E-state index < -0.39 is 16.4 Å². The number of likely N-dealkylation sites (tertiary alicyclic amines) is 1. The molecule has 4 bridgehead atoms. The zero-order valence-corrected chi connectivity index (χ0v) is 17.3. The fourth-order valence-corrected chi connectivity index (χ4v) is 5.99. The van der Waals surface area contributed by atoms with Crippen molar-refractivity contribution in [3.8, 4) is 6.07 Å². The van der Waals surface area contributed by atoms with Gasteiger partial charge in [0.2, 0.25) is 10.7 Å². The van der Waals surface area contributed by atoms with Crippen molar-refractivity contribution in [2.24, 2.45) is 11.8 Å². The topological polar surface area (TPSA) is 114 Å². The first-order chi connectivity index (χ1) is 13.2. The molecule has 3 atom stereocenters. The highest BCUT2D eigenvalue weighted by Gasteiger charge is 2.57. The number of hydrogen-bond acceptors (Lipinski definition) is 5. The first-order valence-corrected chi connectivity index (χ1v) is 10.7. The van der Waals surface area contributed by atoms with Crippen LogP contribution in [0.5, 0.6) is 0 Å². The first kappa shape index (κ1) is 21.6. The van der Waals surface area contributed by atoms with Crippen LogP contribution in [-0.4, -0.2) is 62.1 Å². The van der Waals surface area contributed by atoms with Crippen LogP contribution in [0, 0.1) is 23.2 Å². The molecule has 28 heavy (non-hydrogen) atoms. The molecular formula is C19H27Cl2N3O4. The summed E-state index contributed by atoms with van der Waals surface area (Å²) >= 11 is 9.56. The van der Waals surface area contributed by atoms with Gasteiger partial charge in [0.05, 0.1) is 18.2 Å². The Hall–Kier alpha value is -1.07. The van der Waals surface area contributed by atoms with Gasteiger partial charge in [-0.3, -0.25) is 4.79 Å². The molecule has 3 N–H and O–H groups in total. The predicted octanol–water partition coefficient (Wildman–Crippen LogP) is 2.05. The molecule has 0 spiro atoms. The average molecular weight is 432 g/mol. The molecule has 5 fully saturated rings. The zero-order valence-electron chi connectivity index (χ0n) is 15.7. The van der Waals surface area contributed by atoms with Gasteiger partial charge in [-0.25, -0.2) is 4.79 Å². The molecule has 1 aliphatic heterocycles. The van der Waals surface area contributed by atoms with E-state index in [0.29, 0.717) is 24.9 Å². The van der Waals surface area contributed by atoms with E-state index in [1.54, 1.807) is 4.90 Å². The lowest BCUT2D eigenvalue weighted by Gasteiger charge is -2.60. The number of carboxylic acids is 1. The Kier molecular flexibility index (Phi) is 6.45. The molecule has 5 rings (SSSR count). The van der Waals surface area contributed by atoms with E-state index in [1.807, 2.05) is 0 Å². The van der Waals surface area contributed by atoms with Gasteiger partial charge < -0.3 is 20.4 Å². The number of carbonyl (C=O) groups excluding carboxylic acids is 1. The summed E-state index contributed by atoms with van der Waals surface area (Å²) in [6.07, 6.45) is 7.87. The Morgan fingerprint density at radius 3 is 2.36 bits per heavy atom. The van der Waals surface area contributed by atoms with Crippen molar-refractivity contribution in [2.45, 2.75) is 73.4 Å². The predicted molar refractivity (Wildman–Crippen MR) is 104 cm³/mol. The van der Waals surface area contributed by atoms with E-state index in [4.69, 9.17) is 33.6 Å². The molecule has 1 heterocycles. The van der Waals surface area contributed by atoms with E-state index >= 15 is 0 Å². The maximum atomic E-state index is 12.4. The summed E-state index contributed by atoms with van der Waals surface area (Å²) in [7, 11) is 0. The van der Waals surface area contributed by atoms with Crippen molar-refractivity contribution in [3.63, 3.8) is 0 Å². The minimum atomic E-state index is -1.29. The number of halogens is 2. The average Bonchev–Trinajstić information content (AvgIpc) is 3.07. The first-order valence-electron chi connectivity index (χ1n) is 9.83. The van der Waals surface area contributed by atoms with Gasteiger partial charge in [0.1, 0.15) is 6.04 Å². The fraction of sp³-hybridized carbons (Fsp3) is 0.842. The molecule has 2 unspecified atom stereocenters. The van der Waals surface area contributed by atoms with E-state index in [0.717, 1.165) is 44.9 Å². The molecule has 0 aromatic carbocycles. The summed E-state index contributed by atoms with van der Waals surface area (Å²) in [5.41, 5.74) is -0.542. The lowest BCUT2D eigenvalue weighted by Crippen LogP contribution is -2.65. The Morgan fingerprint density at radius 2 is 1.86 bits per heavy atom. The molecule has 0 radical (unpaired) electrons.